The summed E-state index contributed by atoms with van der Waals surface area (Å²) in [5.74, 6) is 1.06. The smallest absolute Gasteiger partial charge is 0.340 e. The Morgan fingerprint density at radius 2 is 1.59 bits per heavy atom. The standard InChI is InChI=1S/C27H25Cl2NO4/c1-4-32-20-9-7-19(8-10-20)30-17(3)26(27(31)33-5-2)22-15-21(11-13-25(22)30)34-16-18-6-12-23(28)24(29)14-18/h6-15H,4-5,16H2,1-3H3. The molecule has 0 fully saturated rings. The predicted octanol–water partition coefficient (Wildman–Crippen LogP) is 7.40. The number of nitrogens with zero attached hydrogens (tertiary/aromatic N) is 1. The third-order valence-corrected chi connectivity index (χ3v) is 6.19. The van der Waals surface area contributed by atoms with Crippen molar-refractivity contribution in [1.82, 2.24) is 4.57 Å². The molecule has 7 heteroatoms. The van der Waals surface area contributed by atoms with Gasteiger partial charge in [-0.1, -0.05) is 29.3 Å². The Morgan fingerprint density at radius 1 is 0.853 bits per heavy atom. The monoisotopic (exact) mass is 497 g/mol. The van der Waals surface area contributed by atoms with Crippen LogP contribution in [-0.4, -0.2) is 23.8 Å². The number of fused-ring (bicyclic) bond motifs is 1. The number of carbonyl (C=O) groups is 1. The van der Waals surface area contributed by atoms with Crippen LogP contribution in [0.4, 0.5) is 0 Å². The maximum atomic E-state index is 12.9. The van der Waals surface area contributed by atoms with Crippen molar-refractivity contribution >= 4 is 40.1 Å². The molecule has 0 saturated carbocycles. The highest BCUT2D eigenvalue weighted by molar-refractivity contribution is 6.42. The molecule has 0 unspecified atom stereocenters. The summed E-state index contributed by atoms with van der Waals surface area (Å²) in [5.41, 5.74) is 4.01. The van der Waals surface area contributed by atoms with Crippen LogP contribution in [0.25, 0.3) is 16.6 Å². The Hall–Kier alpha value is -3.15. The van der Waals surface area contributed by atoms with E-state index in [4.69, 9.17) is 37.4 Å². The molecule has 1 aromatic heterocycles. The van der Waals surface area contributed by atoms with Crippen molar-refractivity contribution in [2.75, 3.05) is 13.2 Å². The second-order valence-corrected chi connectivity index (χ2v) is 8.47. The van der Waals surface area contributed by atoms with Gasteiger partial charge in [-0.3, -0.25) is 0 Å². The molecule has 0 aliphatic heterocycles. The topological polar surface area (TPSA) is 49.7 Å². The molecule has 0 N–H and O–H groups in total. The number of benzene rings is 3. The first-order valence-corrected chi connectivity index (χ1v) is 11.8. The maximum absolute atomic E-state index is 12.9. The molecule has 0 amide bonds. The summed E-state index contributed by atoms with van der Waals surface area (Å²) < 4.78 is 19.0. The SMILES string of the molecule is CCOC(=O)c1c(C)n(-c2ccc(OCC)cc2)c2ccc(OCc3ccc(Cl)c(Cl)c3)cc12. The van der Waals surface area contributed by atoms with Crippen LogP contribution in [0.5, 0.6) is 11.5 Å². The minimum Gasteiger partial charge on any atom is -0.494 e. The highest BCUT2D eigenvalue weighted by Gasteiger charge is 2.22. The molecule has 3 aromatic carbocycles. The first-order chi connectivity index (χ1) is 16.4. The van der Waals surface area contributed by atoms with E-state index >= 15 is 0 Å². The second kappa shape index (κ2) is 10.4. The van der Waals surface area contributed by atoms with Gasteiger partial charge in [-0.2, -0.15) is 0 Å². The zero-order valence-electron chi connectivity index (χ0n) is 19.2. The molecule has 176 valence electrons. The van der Waals surface area contributed by atoms with Crippen LogP contribution < -0.4 is 9.47 Å². The van der Waals surface area contributed by atoms with E-state index in [1.807, 2.05) is 66.9 Å². The van der Waals surface area contributed by atoms with E-state index in [9.17, 15) is 4.79 Å². The highest BCUT2D eigenvalue weighted by atomic mass is 35.5. The number of hydrogen-bond donors (Lipinski definition) is 0. The van der Waals surface area contributed by atoms with Crippen molar-refractivity contribution in [2.45, 2.75) is 27.4 Å². The van der Waals surface area contributed by atoms with Gasteiger partial charge in [0.05, 0.1) is 34.3 Å². The first-order valence-electron chi connectivity index (χ1n) is 11.0. The lowest BCUT2D eigenvalue weighted by atomic mass is 10.1. The van der Waals surface area contributed by atoms with Crippen molar-refractivity contribution in [3.8, 4) is 17.2 Å². The molecular formula is C27H25Cl2NO4. The van der Waals surface area contributed by atoms with Gasteiger partial charge in [0.15, 0.2) is 0 Å². The lowest BCUT2D eigenvalue weighted by Gasteiger charge is -2.11. The largest absolute Gasteiger partial charge is 0.494 e. The molecule has 0 radical (unpaired) electrons. The summed E-state index contributed by atoms with van der Waals surface area (Å²) in [6, 6.07) is 18.9. The molecule has 0 bridgehead atoms. The Labute approximate surface area is 208 Å². The fourth-order valence-electron chi connectivity index (χ4n) is 3.94. The van der Waals surface area contributed by atoms with E-state index in [-0.39, 0.29) is 5.97 Å². The van der Waals surface area contributed by atoms with Crippen molar-refractivity contribution in [2.24, 2.45) is 0 Å². The van der Waals surface area contributed by atoms with Gasteiger partial charge in [0.25, 0.3) is 0 Å². The first kappa shape index (κ1) is 24.0. The summed E-state index contributed by atoms with van der Waals surface area (Å²) in [6.07, 6.45) is 0. The van der Waals surface area contributed by atoms with E-state index in [1.54, 1.807) is 19.1 Å². The number of rotatable bonds is 8. The second-order valence-electron chi connectivity index (χ2n) is 7.66. The molecule has 5 nitrogen and oxygen atoms in total. The van der Waals surface area contributed by atoms with Gasteiger partial charge >= 0.3 is 5.97 Å². The molecule has 1 heterocycles. The van der Waals surface area contributed by atoms with Gasteiger partial charge in [0.2, 0.25) is 0 Å². The zero-order valence-corrected chi connectivity index (χ0v) is 20.7. The summed E-state index contributed by atoms with van der Waals surface area (Å²) in [7, 11) is 0. The van der Waals surface area contributed by atoms with Crippen LogP contribution >= 0.6 is 23.2 Å². The van der Waals surface area contributed by atoms with E-state index in [1.165, 1.54) is 0 Å². The van der Waals surface area contributed by atoms with Gasteiger partial charge < -0.3 is 18.8 Å². The van der Waals surface area contributed by atoms with E-state index in [0.717, 1.165) is 33.6 Å². The normalized spacial score (nSPS) is 11.0. The number of carbonyl (C=O) groups excluding carboxylic acids is 1. The zero-order chi connectivity index (χ0) is 24.2. The molecule has 0 saturated heterocycles. The Morgan fingerprint density at radius 3 is 2.26 bits per heavy atom. The summed E-state index contributed by atoms with van der Waals surface area (Å²) in [5, 5.41) is 1.74. The predicted molar refractivity (Wildman–Crippen MR) is 136 cm³/mol. The summed E-state index contributed by atoms with van der Waals surface area (Å²) in [6.45, 7) is 6.87. The lowest BCUT2D eigenvalue weighted by molar-refractivity contribution is 0.0527. The van der Waals surface area contributed by atoms with Gasteiger partial charge in [0.1, 0.15) is 18.1 Å². The minimum atomic E-state index is -0.365. The molecule has 0 aliphatic rings. The molecule has 0 atom stereocenters. The molecule has 0 aliphatic carbocycles. The Balaban J connectivity index is 1.74. The molecule has 4 rings (SSSR count). The number of ether oxygens (including phenoxy) is 3. The van der Waals surface area contributed by atoms with E-state index < -0.39 is 0 Å². The van der Waals surface area contributed by atoms with Crippen LogP contribution in [0.15, 0.2) is 60.7 Å². The van der Waals surface area contributed by atoms with Gasteiger partial charge in [0, 0.05) is 16.8 Å². The molecular weight excluding hydrogens is 473 g/mol. The van der Waals surface area contributed by atoms with Crippen LogP contribution in [0.1, 0.15) is 35.5 Å². The van der Waals surface area contributed by atoms with Gasteiger partial charge in [-0.05, 0) is 80.9 Å². The van der Waals surface area contributed by atoms with Crippen molar-refractivity contribution in [1.29, 1.82) is 0 Å². The number of aromatic nitrogens is 1. The lowest BCUT2D eigenvalue weighted by Crippen LogP contribution is -2.07. The van der Waals surface area contributed by atoms with Crippen LogP contribution in [0, 0.1) is 6.92 Å². The van der Waals surface area contributed by atoms with Gasteiger partial charge in [-0.25, -0.2) is 4.79 Å². The average Bonchev–Trinajstić information content (AvgIpc) is 3.12. The van der Waals surface area contributed by atoms with Crippen molar-refractivity contribution < 1.29 is 19.0 Å². The van der Waals surface area contributed by atoms with E-state index in [0.29, 0.717) is 41.2 Å². The van der Waals surface area contributed by atoms with Crippen molar-refractivity contribution in [3.63, 3.8) is 0 Å². The highest BCUT2D eigenvalue weighted by Crippen LogP contribution is 2.33. The summed E-state index contributed by atoms with van der Waals surface area (Å²) in [4.78, 5) is 12.9. The van der Waals surface area contributed by atoms with Crippen LogP contribution in [0.2, 0.25) is 10.0 Å². The van der Waals surface area contributed by atoms with Crippen molar-refractivity contribution in [3.05, 3.63) is 87.5 Å². The Kier molecular flexibility index (Phi) is 7.35. The molecule has 4 aromatic rings. The Bertz CT molecular complexity index is 1330. The third kappa shape index (κ3) is 4.86. The van der Waals surface area contributed by atoms with E-state index in [2.05, 4.69) is 0 Å². The fraction of sp³-hybridized carbons (Fsp3) is 0.222. The summed E-state index contributed by atoms with van der Waals surface area (Å²) >= 11 is 12.1. The maximum Gasteiger partial charge on any atom is 0.340 e. The van der Waals surface area contributed by atoms with Gasteiger partial charge in [-0.15, -0.1) is 0 Å². The average molecular weight is 498 g/mol. The van der Waals surface area contributed by atoms with Crippen LogP contribution in [-0.2, 0) is 11.3 Å². The molecule has 0 spiro atoms. The number of esters is 1. The minimum absolute atomic E-state index is 0.293. The van der Waals surface area contributed by atoms with Crippen LogP contribution in [0.3, 0.4) is 0 Å². The quantitative estimate of drug-likeness (QED) is 0.238. The molecule has 34 heavy (non-hydrogen) atoms. The fourth-order valence-corrected chi connectivity index (χ4v) is 4.26. The number of halogens is 2. The number of hydrogen-bond acceptors (Lipinski definition) is 4. The third-order valence-electron chi connectivity index (χ3n) is 5.45.